The first-order chi connectivity index (χ1) is 11.6. The van der Waals surface area contributed by atoms with E-state index in [0.29, 0.717) is 25.9 Å². The molecule has 0 aromatic heterocycles. The van der Waals surface area contributed by atoms with Gasteiger partial charge in [-0.1, -0.05) is 36.4 Å². The highest BCUT2D eigenvalue weighted by Gasteiger charge is 2.41. The quantitative estimate of drug-likeness (QED) is 0.574. The first-order valence-corrected chi connectivity index (χ1v) is 8.25. The van der Waals surface area contributed by atoms with E-state index in [2.05, 4.69) is 0 Å². The number of hydroxylamine groups is 1. The molecule has 0 saturated heterocycles. The minimum absolute atomic E-state index is 0.0855. The number of rotatable bonds is 3. The fourth-order valence-electron chi connectivity index (χ4n) is 3.64. The molecule has 3 atom stereocenters. The van der Waals surface area contributed by atoms with Crippen molar-refractivity contribution in [2.24, 2.45) is 11.8 Å². The fraction of sp³-hybridized carbons (Fsp3) is 0.444. The van der Waals surface area contributed by atoms with Gasteiger partial charge in [-0.15, -0.1) is 0 Å². The summed E-state index contributed by atoms with van der Waals surface area (Å²) in [5.41, 5.74) is 3.83. The Hall–Kier alpha value is -2.18. The fourth-order valence-corrected chi connectivity index (χ4v) is 3.64. The van der Waals surface area contributed by atoms with Crippen LogP contribution in [0.1, 0.15) is 24.8 Å². The van der Waals surface area contributed by atoms with Crippen LogP contribution >= 0.6 is 0 Å². The van der Waals surface area contributed by atoms with Crippen LogP contribution in [-0.2, 0) is 9.59 Å². The van der Waals surface area contributed by atoms with Crippen LogP contribution < -0.4 is 5.48 Å². The number of benzene rings is 1. The highest BCUT2D eigenvalue weighted by Crippen LogP contribution is 2.33. The van der Waals surface area contributed by atoms with Crippen molar-refractivity contribution in [1.82, 2.24) is 10.4 Å². The number of hydrogen-bond acceptors (Lipinski definition) is 4. The second-order valence-electron chi connectivity index (χ2n) is 6.47. The van der Waals surface area contributed by atoms with E-state index in [4.69, 9.17) is 5.21 Å². The Labute approximate surface area is 140 Å². The van der Waals surface area contributed by atoms with Gasteiger partial charge >= 0.3 is 0 Å². The minimum atomic E-state index is -0.688. The Bertz CT molecular complexity index is 644. The molecule has 3 rings (SSSR count). The average Bonchev–Trinajstić information content (AvgIpc) is 3.11. The van der Waals surface area contributed by atoms with E-state index in [1.54, 1.807) is 10.4 Å². The third kappa shape index (κ3) is 3.34. The predicted octanol–water partition coefficient (Wildman–Crippen LogP) is 1.19. The normalized spacial score (nSPS) is 26.8. The highest BCUT2D eigenvalue weighted by molar-refractivity contribution is 5.89. The smallest absolute Gasteiger partial charge is 0.247 e. The maximum absolute atomic E-state index is 12.9. The lowest BCUT2D eigenvalue weighted by Crippen LogP contribution is -2.46. The molecule has 6 heteroatoms. The summed E-state index contributed by atoms with van der Waals surface area (Å²) in [5.74, 6) is -1.86. The topological polar surface area (TPSA) is 89.9 Å². The molecule has 1 aliphatic carbocycles. The molecule has 2 aliphatic rings. The third-order valence-electron chi connectivity index (χ3n) is 4.96. The van der Waals surface area contributed by atoms with Crippen LogP contribution in [0.3, 0.4) is 0 Å². The Morgan fingerprint density at radius 3 is 2.58 bits per heavy atom. The van der Waals surface area contributed by atoms with Crippen molar-refractivity contribution in [3.63, 3.8) is 0 Å². The number of carbonyl (C=O) groups excluding carboxylic acids is 2. The number of nitrogens with zero attached hydrogens (tertiary/aromatic N) is 1. The van der Waals surface area contributed by atoms with Gasteiger partial charge < -0.3 is 10.0 Å². The van der Waals surface area contributed by atoms with Crippen LogP contribution in [0.4, 0.5) is 0 Å². The van der Waals surface area contributed by atoms with E-state index in [1.165, 1.54) is 0 Å². The van der Waals surface area contributed by atoms with Gasteiger partial charge in [0.05, 0.1) is 17.9 Å². The van der Waals surface area contributed by atoms with Crippen molar-refractivity contribution in [1.29, 1.82) is 0 Å². The molecular weight excluding hydrogens is 308 g/mol. The molecule has 0 spiro atoms. The molecule has 1 heterocycles. The molecule has 1 saturated carbocycles. The molecule has 3 N–H and O–H groups in total. The standard InChI is InChI=1S/C18H22N2O4/c21-14-6-7-15(16(10-14)17(22)19-24)18(23)20-9-8-13(11-20)12-4-2-1-3-5-12/h1-5,8,14-16,21,24H,6-7,9-11H2,(H,19,22). The van der Waals surface area contributed by atoms with Gasteiger partial charge in [-0.2, -0.15) is 0 Å². The Morgan fingerprint density at radius 1 is 1.12 bits per heavy atom. The SMILES string of the molecule is O=C(NO)C1CC(O)CCC1C(=O)N1CC=C(c2ccccc2)C1. The van der Waals surface area contributed by atoms with E-state index < -0.39 is 23.8 Å². The van der Waals surface area contributed by atoms with Gasteiger partial charge in [-0.3, -0.25) is 14.8 Å². The molecule has 0 radical (unpaired) electrons. The third-order valence-corrected chi connectivity index (χ3v) is 4.96. The van der Waals surface area contributed by atoms with Crippen molar-refractivity contribution in [2.45, 2.75) is 25.4 Å². The lowest BCUT2D eigenvalue weighted by molar-refractivity contribution is -0.148. The first-order valence-electron chi connectivity index (χ1n) is 8.25. The molecule has 1 aromatic rings. The maximum Gasteiger partial charge on any atom is 0.247 e. The Morgan fingerprint density at radius 2 is 1.88 bits per heavy atom. The van der Waals surface area contributed by atoms with E-state index in [1.807, 2.05) is 36.4 Å². The predicted molar refractivity (Wildman–Crippen MR) is 87.8 cm³/mol. The summed E-state index contributed by atoms with van der Waals surface area (Å²) in [6.07, 6.45) is 2.59. The summed E-state index contributed by atoms with van der Waals surface area (Å²) in [6.45, 7) is 1.05. The zero-order valence-electron chi connectivity index (χ0n) is 13.4. The first kappa shape index (κ1) is 16.7. The van der Waals surface area contributed by atoms with Crippen LogP contribution in [0.15, 0.2) is 36.4 Å². The molecular formula is C18H22N2O4. The van der Waals surface area contributed by atoms with Crippen LogP contribution in [0.2, 0.25) is 0 Å². The van der Waals surface area contributed by atoms with Crippen LogP contribution in [0, 0.1) is 11.8 Å². The highest BCUT2D eigenvalue weighted by atomic mass is 16.5. The molecule has 1 aromatic carbocycles. The largest absolute Gasteiger partial charge is 0.393 e. The number of aliphatic hydroxyl groups is 1. The lowest BCUT2D eigenvalue weighted by Gasteiger charge is -2.34. The Balaban J connectivity index is 1.69. The molecule has 1 fully saturated rings. The summed E-state index contributed by atoms with van der Waals surface area (Å²) in [4.78, 5) is 26.5. The summed E-state index contributed by atoms with van der Waals surface area (Å²) in [6, 6.07) is 9.90. The molecule has 128 valence electrons. The van der Waals surface area contributed by atoms with Gasteiger partial charge in [0.15, 0.2) is 0 Å². The van der Waals surface area contributed by atoms with Gasteiger partial charge in [0.1, 0.15) is 0 Å². The molecule has 24 heavy (non-hydrogen) atoms. The summed E-state index contributed by atoms with van der Waals surface area (Å²) in [5, 5.41) is 18.7. The maximum atomic E-state index is 12.9. The summed E-state index contributed by atoms with van der Waals surface area (Å²) in [7, 11) is 0. The average molecular weight is 330 g/mol. The van der Waals surface area contributed by atoms with E-state index in [0.717, 1.165) is 11.1 Å². The van der Waals surface area contributed by atoms with Crippen LogP contribution in [0.5, 0.6) is 0 Å². The zero-order valence-corrected chi connectivity index (χ0v) is 13.4. The van der Waals surface area contributed by atoms with Crippen molar-refractivity contribution < 1.29 is 19.9 Å². The number of amides is 2. The molecule has 3 unspecified atom stereocenters. The molecule has 1 aliphatic heterocycles. The van der Waals surface area contributed by atoms with Crippen LogP contribution in [0.25, 0.3) is 5.57 Å². The van der Waals surface area contributed by atoms with E-state index >= 15 is 0 Å². The lowest BCUT2D eigenvalue weighted by atomic mass is 9.76. The molecule has 0 bridgehead atoms. The van der Waals surface area contributed by atoms with Gasteiger partial charge in [-0.25, -0.2) is 5.48 Å². The van der Waals surface area contributed by atoms with Crippen molar-refractivity contribution in [2.75, 3.05) is 13.1 Å². The van der Waals surface area contributed by atoms with Gasteiger partial charge in [-0.05, 0) is 30.4 Å². The van der Waals surface area contributed by atoms with E-state index in [-0.39, 0.29) is 12.3 Å². The van der Waals surface area contributed by atoms with Crippen molar-refractivity contribution >= 4 is 17.4 Å². The summed E-state index contributed by atoms with van der Waals surface area (Å²) >= 11 is 0. The monoisotopic (exact) mass is 330 g/mol. The summed E-state index contributed by atoms with van der Waals surface area (Å²) < 4.78 is 0. The zero-order chi connectivity index (χ0) is 17.1. The minimum Gasteiger partial charge on any atom is -0.393 e. The van der Waals surface area contributed by atoms with Crippen molar-refractivity contribution in [3.05, 3.63) is 42.0 Å². The number of carbonyl (C=O) groups is 2. The number of hydrogen-bond donors (Lipinski definition) is 3. The van der Waals surface area contributed by atoms with Gasteiger partial charge in [0, 0.05) is 13.1 Å². The molecule has 2 amide bonds. The van der Waals surface area contributed by atoms with Gasteiger partial charge in [0.2, 0.25) is 11.8 Å². The number of nitrogens with one attached hydrogen (secondary N) is 1. The molecule has 6 nitrogen and oxygen atoms in total. The Kier molecular flexibility index (Phi) is 4.97. The van der Waals surface area contributed by atoms with Crippen LogP contribution in [-0.4, -0.2) is 46.2 Å². The van der Waals surface area contributed by atoms with Gasteiger partial charge in [0.25, 0.3) is 0 Å². The second-order valence-corrected chi connectivity index (χ2v) is 6.47. The van der Waals surface area contributed by atoms with Crippen molar-refractivity contribution in [3.8, 4) is 0 Å². The van der Waals surface area contributed by atoms with E-state index in [9.17, 15) is 14.7 Å². The number of aliphatic hydroxyl groups excluding tert-OH is 1. The second kappa shape index (κ2) is 7.15.